The minimum atomic E-state index is 0. The Kier molecular flexibility index (Phi) is 7.76. The summed E-state index contributed by atoms with van der Waals surface area (Å²) in [6.45, 7) is 2.25. The maximum Gasteiger partial charge on any atom is 1.00 e. The minimum absolute atomic E-state index is 0. The SMILES string of the molecule is CCCCCCC1=[C-]CC=C1.[Li+]. The molecule has 0 saturated heterocycles. The summed E-state index contributed by atoms with van der Waals surface area (Å²) in [4.78, 5) is 0. The van der Waals surface area contributed by atoms with E-state index in [9.17, 15) is 0 Å². The van der Waals surface area contributed by atoms with E-state index >= 15 is 0 Å². The molecule has 0 spiro atoms. The van der Waals surface area contributed by atoms with E-state index in [1.165, 1.54) is 37.7 Å². The first-order valence-corrected chi connectivity index (χ1v) is 4.69. The molecule has 0 nitrogen and oxygen atoms in total. The van der Waals surface area contributed by atoms with E-state index in [-0.39, 0.29) is 18.9 Å². The molecule has 0 saturated carbocycles. The number of allylic oxidation sites excluding steroid dienone is 4. The molecule has 0 fully saturated rings. The topological polar surface area (TPSA) is 0 Å². The standard InChI is InChI=1S/C11H17.Li/c1-2-3-4-5-8-11-9-6-7-10-11;/h6,9H,2-5,7-8H2,1H3;/q-1;+1. The minimum Gasteiger partial charge on any atom is -0.269 e. The molecule has 12 heavy (non-hydrogen) atoms. The first kappa shape index (κ1) is 12.1. The number of hydrogen-bond donors (Lipinski definition) is 0. The van der Waals surface area contributed by atoms with Crippen LogP contribution in [-0.2, 0) is 0 Å². The zero-order valence-electron chi connectivity index (χ0n) is 8.40. The molecule has 0 N–H and O–H groups in total. The van der Waals surface area contributed by atoms with Crippen LogP contribution in [0.2, 0.25) is 0 Å². The second-order valence-electron chi connectivity index (χ2n) is 3.12. The van der Waals surface area contributed by atoms with Crippen LogP contribution in [0.25, 0.3) is 0 Å². The molecule has 1 aliphatic rings. The summed E-state index contributed by atoms with van der Waals surface area (Å²) in [7, 11) is 0. The summed E-state index contributed by atoms with van der Waals surface area (Å²) >= 11 is 0. The quantitative estimate of drug-likeness (QED) is 0.311. The molecule has 0 aromatic carbocycles. The van der Waals surface area contributed by atoms with Crippen molar-refractivity contribution < 1.29 is 18.9 Å². The van der Waals surface area contributed by atoms with Crippen LogP contribution in [0.5, 0.6) is 0 Å². The Morgan fingerprint density at radius 3 is 2.75 bits per heavy atom. The Hall–Kier alpha value is 0.0774. The number of hydrogen-bond acceptors (Lipinski definition) is 0. The maximum absolute atomic E-state index is 3.34. The van der Waals surface area contributed by atoms with Crippen LogP contribution in [0.1, 0.15) is 45.4 Å². The van der Waals surface area contributed by atoms with Gasteiger partial charge in [-0.05, 0) is 0 Å². The second-order valence-corrected chi connectivity index (χ2v) is 3.12. The van der Waals surface area contributed by atoms with Crippen molar-refractivity contribution >= 4 is 0 Å². The molecule has 1 aliphatic carbocycles. The molecule has 0 radical (unpaired) electrons. The van der Waals surface area contributed by atoms with Crippen LogP contribution < -0.4 is 18.9 Å². The van der Waals surface area contributed by atoms with E-state index in [1.54, 1.807) is 0 Å². The summed E-state index contributed by atoms with van der Waals surface area (Å²) in [5.74, 6) is 0. The van der Waals surface area contributed by atoms with Crippen molar-refractivity contribution in [2.75, 3.05) is 0 Å². The van der Waals surface area contributed by atoms with E-state index in [1.807, 2.05) is 0 Å². The Morgan fingerprint density at radius 1 is 1.33 bits per heavy atom. The molecule has 62 valence electrons. The molecule has 0 aliphatic heterocycles. The van der Waals surface area contributed by atoms with Gasteiger partial charge in [0.05, 0.1) is 0 Å². The number of rotatable bonds is 5. The smallest absolute Gasteiger partial charge is 0.269 e. The Bertz CT molecular complexity index is 156. The van der Waals surface area contributed by atoms with Crippen molar-refractivity contribution in [2.45, 2.75) is 45.4 Å². The third kappa shape index (κ3) is 4.86. The zero-order chi connectivity index (χ0) is 7.94. The van der Waals surface area contributed by atoms with Crippen LogP contribution in [0.4, 0.5) is 0 Å². The Labute approximate surface area is 88.3 Å². The van der Waals surface area contributed by atoms with Crippen LogP contribution in [0.3, 0.4) is 0 Å². The van der Waals surface area contributed by atoms with Gasteiger partial charge in [0, 0.05) is 0 Å². The predicted molar refractivity (Wildman–Crippen MR) is 49.3 cm³/mol. The van der Waals surface area contributed by atoms with E-state index in [2.05, 4.69) is 25.2 Å². The third-order valence-electron chi connectivity index (χ3n) is 2.07. The maximum atomic E-state index is 3.34. The van der Waals surface area contributed by atoms with Gasteiger partial charge in [-0.25, -0.2) is 11.6 Å². The summed E-state index contributed by atoms with van der Waals surface area (Å²) in [5.41, 5.74) is 1.43. The molecular weight excluding hydrogens is 139 g/mol. The zero-order valence-corrected chi connectivity index (χ0v) is 8.40. The van der Waals surface area contributed by atoms with Gasteiger partial charge in [-0.2, -0.15) is 6.08 Å². The van der Waals surface area contributed by atoms with Crippen LogP contribution >= 0.6 is 0 Å². The number of unbranched alkanes of at least 4 members (excludes halogenated alkanes) is 3. The van der Waals surface area contributed by atoms with Crippen LogP contribution in [0.15, 0.2) is 17.7 Å². The Balaban J connectivity index is 0.00000121. The molecule has 0 aromatic heterocycles. The largest absolute Gasteiger partial charge is 1.00 e. The third-order valence-corrected chi connectivity index (χ3v) is 2.07. The summed E-state index contributed by atoms with van der Waals surface area (Å²) in [5, 5.41) is 0. The summed E-state index contributed by atoms with van der Waals surface area (Å²) in [6.07, 6.45) is 15.5. The summed E-state index contributed by atoms with van der Waals surface area (Å²) < 4.78 is 0. The predicted octanol–water partition coefficient (Wildman–Crippen LogP) is 0.650. The van der Waals surface area contributed by atoms with Gasteiger partial charge in [0.2, 0.25) is 0 Å². The van der Waals surface area contributed by atoms with Gasteiger partial charge in [0.1, 0.15) is 0 Å². The molecule has 0 amide bonds. The molecular formula is C11H17Li. The Morgan fingerprint density at radius 2 is 2.17 bits per heavy atom. The van der Waals surface area contributed by atoms with Gasteiger partial charge < -0.3 is 0 Å². The average Bonchev–Trinajstić information content (AvgIpc) is 2.50. The fraction of sp³-hybridized carbons (Fsp3) is 0.636. The molecule has 1 heteroatoms. The van der Waals surface area contributed by atoms with Crippen molar-refractivity contribution in [3.05, 3.63) is 23.8 Å². The van der Waals surface area contributed by atoms with Crippen molar-refractivity contribution in [1.82, 2.24) is 0 Å². The van der Waals surface area contributed by atoms with Crippen molar-refractivity contribution in [1.29, 1.82) is 0 Å². The molecule has 0 heterocycles. The first-order valence-electron chi connectivity index (χ1n) is 4.69. The van der Waals surface area contributed by atoms with E-state index in [0.29, 0.717) is 0 Å². The van der Waals surface area contributed by atoms with Gasteiger partial charge in [-0.3, -0.25) is 6.08 Å². The van der Waals surface area contributed by atoms with Crippen LogP contribution in [0, 0.1) is 6.08 Å². The summed E-state index contributed by atoms with van der Waals surface area (Å²) in [6, 6.07) is 0. The molecule has 0 atom stereocenters. The van der Waals surface area contributed by atoms with E-state index in [0.717, 1.165) is 6.42 Å². The molecule has 0 bridgehead atoms. The fourth-order valence-corrected chi connectivity index (χ4v) is 1.36. The van der Waals surface area contributed by atoms with Gasteiger partial charge in [-0.1, -0.05) is 39.0 Å². The molecule has 1 rings (SSSR count). The molecule has 0 unspecified atom stereocenters. The second kappa shape index (κ2) is 7.71. The first-order chi connectivity index (χ1) is 5.43. The van der Waals surface area contributed by atoms with Gasteiger partial charge >= 0.3 is 18.9 Å². The van der Waals surface area contributed by atoms with Gasteiger partial charge in [0.25, 0.3) is 0 Å². The average molecular weight is 156 g/mol. The fourth-order valence-electron chi connectivity index (χ4n) is 1.36. The van der Waals surface area contributed by atoms with E-state index < -0.39 is 0 Å². The monoisotopic (exact) mass is 156 g/mol. The van der Waals surface area contributed by atoms with Crippen molar-refractivity contribution in [2.24, 2.45) is 0 Å². The van der Waals surface area contributed by atoms with Gasteiger partial charge in [-0.15, -0.1) is 6.42 Å². The van der Waals surface area contributed by atoms with Crippen molar-refractivity contribution in [3.8, 4) is 0 Å². The van der Waals surface area contributed by atoms with Crippen molar-refractivity contribution in [3.63, 3.8) is 0 Å². The van der Waals surface area contributed by atoms with Crippen LogP contribution in [-0.4, -0.2) is 0 Å². The normalized spacial score (nSPS) is 14.2. The van der Waals surface area contributed by atoms with E-state index in [4.69, 9.17) is 0 Å². The van der Waals surface area contributed by atoms with Gasteiger partial charge in [0.15, 0.2) is 0 Å². The molecule has 0 aromatic rings.